The van der Waals surface area contributed by atoms with Crippen LogP contribution in [0.5, 0.6) is 0 Å². The quantitative estimate of drug-likeness (QED) is 0.796. The highest BCUT2D eigenvalue weighted by atomic mass is 19.1. The van der Waals surface area contributed by atoms with E-state index in [-0.39, 0.29) is 5.56 Å². The summed E-state index contributed by atoms with van der Waals surface area (Å²) in [5, 5.41) is 12.2. The van der Waals surface area contributed by atoms with Crippen LogP contribution < -0.4 is 5.32 Å². The highest BCUT2D eigenvalue weighted by Gasteiger charge is 2.24. The van der Waals surface area contributed by atoms with Crippen molar-refractivity contribution < 1.29 is 14.3 Å². The average Bonchev–Trinajstić information content (AvgIpc) is 3.18. The Labute approximate surface area is 112 Å². The Hall–Kier alpha value is -1.42. The molecule has 2 N–H and O–H groups in total. The largest absolute Gasteiger partial charge is 0.478 e. The van der Waals surface area contributed by atoms with Crippen molar-refractivity contribution in [1.29, 1.82) is 0 Å². The van der Waals surface area contributed by atoms with E-state index in [9.17, 15) is 9.18 Å². The number of hydrogen-bond donors (Lipinski definition) is 2. The molecule has 4 heteroatoms. The summed E-state index contributed by atoms with van der Waals surface area (Å²) in [7, 11) is 0. The van der Waals surface area contributed by atoms with E-state index in [1.165, 1.54) is 31.4 Å². The first kappa shape index (κ1) is 14.0. The van der Waals surface area contributed by atoms with E-state index < -0.39 is 11.8 Å². The third-order valence-corrected chi connectivity index (χ3v) is 3.67. The van der Waals surface area contributed by atoms with Crippen LogP contribution in [-0.4, -0.2) is 17.1 Å². The molecule has 0 aliphatic heterocycles. The van der Waals surface area contributed by atoms with Crippen molar-refractivity contribution >= 4 is 5.97 Å². The Morgan fingerprint density at radius 1 is 1.53 bits per heavy atom. The van der Waals surface area contributed by atoms with Crippen LogP contribution in [0.2, 0.25) is 0 Å². The topological polar surface area (TPSA) is 49.3 Å². The third kappa shape index (κ3) is 4.03. The van der Waals surface area contributed by atoms with Gasteiger partial charge in [-0.15, -0.1) is 0 Å². The van der Waals surface area contributed by atoms with E-state index >= 15 is 0 Å². The van der Waals surface area contributed by atoms with Crippen LogP contribution in [0, 0.1) is 11.7 Å². The molecule has 0 bridgehead atoms. The summed E-state index contributed by atoms with van der Waals surface area (Å²) in [5.41, 5.74) is 0.519. The lowest BCUT2D eigenvalue weighted by Gasteiger charge is -2.16. The minimum absolute atomic E-state index is 0.270. The van der Waals surface area contributed by atoms with E-state index in [2.05, 4.69) is 12.2 Å². The zero-order chi connectivity index (χ0) is 13.8. The molecule has 1 aliphatic rings. The number of benzene rings is 1. The van der Waals surface area contributed by atoms with Gasteiger partial charge in [-0.3, -0.25) is 0 Å². The SMILES string of the molecule is CCC(CC1CC1)NCc1ccc(C(=O)O)c(F)c1. The summed E-state index contributed by atoms with van der Waals surface area (Å²) in [5.74, 6) is -1.03. The van der Waals surface area contributed by atoms with Crippen molar-refractivity contribution in [2.24, 2.45) is 5.92 Å². The van der Waals surface area contributed by atoms with Gasteiger partial charge in [0.15, 0.2) is 0 Å². The molecule has 1 aromatic carbocycles. The van der Waals surface area contributed by atoms with Gasteiger partial charge in [-0.25, -0.2) is 9.18 Å². The molecular weight excluding hydrogens is 245 g/mol. The predicted octanol–water partition coefficient (Wildman–Crippen LogP) is 3.19. The van der Waals surface area contributed by atoms with Gasteiger partial charge in [-0.2, -0.15) is 0 Å². The molecule has 1 saturated carbocycles. The molecule has 0 heterocycles. The van der Waals surface area contributed by atoms with Gasteiger partial charge in [0.25, 0.3) is 0 Å². The highest BCUT2D eigenvalue weighted by Crippen LogP contribution is 2.34. The molecule has 0 radical (unpaired) electrons. The molecule has 0 spiro atoms. The Morgan fingerprint density at radius 3 is 2.79 bits per heavy atom. The van der Waals surface area contributed by atoms with Gasteiger partial charge in [0.2, 0.25) is 0 Å². The summed E-state index contributed by atoms with van der Waals surface area (Å²) in [6, 6.07) is 4.77. The molecule has 0 aromatic heterocycles. The van der Waals surface area contributed by atoms with Gasteiger partial charge < -0.3 is 10.4 Å². The van der Waals surface area contributed by atoms with E-state index in [1.54, 1.807) is 6.07 Å². The van der Waals surface area contributed by atoms with Gasteiger partial charge in [0.1, 0.15) is 5.82 Å². The highest BCUT2D eigenvalue weighted by molar-refractivity contribution is 5.87. The van der Waals surface area contributed by atoms with Gasteiger partial charge in [0.05, 0.1) is 5.56 Å². The van der Waals surface area contributed by atoms with Crippen molar-refractivity contribution in [1.82, 2.24) is 5.32 Å². The summed E-state index contributed by atoms with van der Waals surface area (Å²) in [6.07, 6.45) is 4.92. The monoisotopic (exact) mass is 265 g/mol. The minimum atomic E-state index is -1.22. The van der Waals surface area contributed by atoms with E-state index in [4.69, 9.17) is 5.11 Å². The second-order valence-electron chi connectivity index (χ2n) is 5.28. The van der Waals surface area contributed by atoms with Crippen molar-refractivity contribution in [3.63, 3.8) is 0 Å². The van der Waals surface area contributed by atoms with E-state index in [0.29, 0.717) is 12.6 Å². The number of hydrogen-bond acceptors (Lipinski definition) is 2. The zero-order valence-electron chi connectivity index (χ0n) is 11.2. The fourth-order valence-corrected chi connectivity index (χ4v) is 2.25. The van der Waals surface area contributed by atoms with Crippen molar-refractivity contribution in [2.45, 2.75) is 45.2 Å². The van der Waals surface area contributed by atoms with Gasteiger partial charge >= 0.3 is 5.97 Å². The lowest BCUT2D eigenvalue weighted by Crippen LogP contribution is -2.28. The maximum Gasteiger partial charge on any atom is 0.338 e. The summed E-state index contributed by atoms with van der Waals surface area (Å²) in [6.45, 7) is 2.73. The summed E-state index contributed by atoms with van der Waals surface area (Å²) in [4.78, 5) is 10.7. The maximum absolute atomic E-state index is 13.5. The Bertz CT molecular complexity index is 457. The lowest BCUT2D eigenvalue weighted by atomic mass is 10.1. The number of halogens is 1. The molecule has 0 saturated heterocycles. The maximum atomic E-state index is 13.5. The number of rotatable bonds is 7. The van der Waals surface area contributed by atoms with Crippen LogP contribution in [0.4, 0.5) is 4.39 Å². The van der Waals surface area contributed by atoms with Crippen molar-refractivity contribution in [3.05, 3.63) is 35.1 Å². The standard InChI is InChI=1S/C15H20FNO2/c1-2-12(7-10-3-4-10)17-9-11-5-6-13(15(18)19)14(16)8-11/h5-6,8,10,12,17H,2-4,7,9H2,1H3,(H,18,19). The Kier molecular flexibility index (Phi) is 4.53. The van der Waals surface area contributed by atoms with Gasteiger partial charge in [-0.05, 0) is 36.5 Å². The molecule has 19 heavy (non-hydrogen) atoms. The second kappa shape index (κ2) is 6.15. The van der Waals surface area contributed by atoms with E-state index in [1.807, 2.05) is 0 Å². The number of carboxylic acids is 1. The van der Waals surface area contributed by atoms with Gasteiger partial charge in [0, 0.05) is 12.6 Å². The van der Waals surface area contributed by atoms with Crippen molar-refractivity contribution in [3.8, 4) is 0 Å². The third-order valence-electron chi connectivity index (χ3n) is 3.67. The molecule has 1 unspecified atom stereocenters. The molecule has 2 rings (SSSR count). The fraction of sp³-hybridized carbons (Fsp3) is 0.533. The number of carbonyl (C=O) groups is 1. The van der Waals surface area contributed by atoms with Crippen LogP contribution in [0.25, 0.3) is 0 Å². The van der Waals surface area contributed by atoms with Crippen molar-refractivity contribution in [2.75, 3.05) is 0 Å². The zero-order valence-corrected chi connectivity index (χ0v) is 11.2. The molecular formula is C15H20FNO2. The fourth-order valence-electron chi connectivity index (χ4n) is 2.25. The first-order chi connectivity index (χ1) is 9.10. The van der Waals surface area contributed by atoms with Crippen LogP contribution in [0.3, 0.4) is 0 Å². The van der Waals surface area contributed by atoms with E-state index in [0.717, 1.165) is 17.9 Å². The molecule has 1 fully saturated rings. The second-order valence-corrected chi connectivity index (χ2v) is 5.28. The molecule has 1 atom stereocenters. The molecule has 1 aromatic rings. The van der Waals surface area contributed by atoms with Crippen LogP contribution >= 0.6 is 0 Å². The summed E-state index contributed by atoms with van der Waals surface area (Å²) >= 11 is 0. The Balaban J connectivity index is 1.91. The van der Waals surface area contributed by atoms with Gasteiger partial charge in [-0.1, -0.05) is 25.8 Å². The molecule has 104 valence electrons. The van der Waals surface area contributed by atoms with Crippen LogP contribution in [0.1, 0.15) is 48.5 Å². The van der Waals surface area contributed by atoms with Crippen LogP contribution in [0.15, 0.2) is 18.2 Å². The molecule has 1 aliphatic carbocycles. The normalized spacial score (nSPS) is 16.3. The smallest absolute Gasteiger partial charge is 0.338 e. The van der Waals surface area contributed by atoms with Crippen LogP contribution in [-0.2, 0) is 6.54 Å². The summed E-state index contributed by atoms with van der Waals surface area (Å²) < 4.78 is 13.5. The lowest BCUT2D eigenvalue weighted by molar-refractivity contribution is 0.0692. The first-order valence-electron chi connectivity index (χ1n) is 6.85. The number of aromatic carboxylic acids is 1. The Morgan fingerprint density at radius 2 is 2.26 bits per heavy atom. The minimum Gasteiger partial charge on any atom is -0.478 e. The predicted molar refractivity (Wildman–Crippen MR) is 71.6 cm³/mol. The average molecular weight is 265 g/mol. The molecule has 0 amide bonds. The number of nitrogens with one attached hydrogen (secondary N) is 1. The first-order valence-corrected chi connectivity index (χ1v) is 6.85. The number of carboxylic acid groups (broad SMARTS) is 1. The molecule has 3 nitrogen and oxygen atoms in total.